The second-order valence-electron chi connectivity index (χ2n) is 6.45. The molecule has 0 aliphatic carbocycles. The van der Waals surface area contributed by atoms with Crippen LogP contribution in [-0.2, 0) is 14.3 Å². The predicted molar refractivity (Wildman–Crippen MR) is 96.8 cm³/mol. The number of benzene rings is 1. The van der Waals surface area contributed by atoms with Crippen LogP contribution >= 0.6 is 11.6 Å². The Morgan fingerprint density at radius 2 is 2.00 bits per heavy atom. The molecule has 0 spiro atoms. The molecule has 0 saturated carbocycles. The molecule has 0 aromatic heterocycles. The standard InChI is InChI=1S/C18H26ClN3O3/c19-15-3-1-14(2-4-15)17(22-6-9-24-10-7-22)12-21-18(23)11-16-13-25-8-5-20-16/h1-4,16-17,20H,5-13H2,(H,21,23). The molecule has 6 nitrogen and oxygen atoms in total. The fraction of sp³-hybridized carbons (Fsp3) is 0.611. The van der Waals surface area contributed by atoms with E-state index in [0.29, 0.717) is 26.2 Å². The van der Waals surface area contributed by atoms with Crippen molar-refractivity contribution in [1.82, 2.24) is 15.5 Å². The van der Waals surface area contributed by atoms with Gasteiger partial charge in [0.15, 0.2) is 0 Å². The van der Waals surface area contributed by atoms with Crippen LogP contribution in [0.15, 0.2) is 24.3 Å². The first-order chi connectivity index (χ1) is 12.2. The Bertz CT molecular complexity index is 543. The quantitative estimate of drug-likeness (QED) is 0.791. The van der Waals surface area contributed by atoms with E-state index in [0.717, 1.165) is 43.4 Å². The van der Waals surface area contributed by atoms with E-state index < -0.39 is 0 Å². The summed E-state index contributed by atoms with van der Waals surface area (Å²) in [4.78, 5) is 14.7. The fourth-order valence-electron chi connectivity index (χ4n) is 3.29. The molecule has 0 bridgehead atoms. The summed E-state index contributed by atoms with van der Waals surface area (Å²) in [5.41, 5.74) is 1.16. The van der Waals surface area contributed by atoms with Gasteiger partial charge in [0.05, 0.1) is 32.5 Å². The van der Waals surface area contributed by atoms with E-state index >= 15 is 0 Å². The number of rotatable bonds is 6. The molecule has 2 heterocycles. The molecule has 25 heavy (non-hydrogen) atoms. The average Bonchev–Trinajstić information content (AvgIpc) is 2.65. The lowest BCUT2D eigenvalue weighted by Gasteiger charge is -2.35. The molecule has 3 rings (SSSR count). The summed E-state index contributed by atoms with van der Waals surface area (Å²) in [5, 5.41) is 7.12. The van der Waals surface area contributed by atoms with Crippen LogP contribution in [0.25, 0.3) is 0 Å². The lowest BCUT2D eigenvalue weighted by atomic mass is 10.0. The lowest BCUT2D eigenvalue weighted by Crippen LogP contribution is -2.46. The monoisotopic (exact) mass is 367 g/mol. The summed E-state index contributed by atoms with van der Waals surface area (Å²) in [6.07, 6.45) is 0.441. The molecule has 2 aliphatic heterocycles. The van der Waals surface area contributed by atoms with Crippen molar-refractivity contribution in [3.05, 3.63) is 34.9 Å². The van der Waals surface area contributed by atoms with Gasteiger partial charge in [0, 0.05) is 43.7 Å². The Labute approximate surface area is 153 Å². The van der Waals surface area contributed by atoms with Crippen LogP contribution in [0.5, 0.6) is 0 Å². The van der Waals surface area contributed by atoms with Gasteiger partial charge in [-0.3, -0.25) is 9.69 Å². The van der Waals surface area contributed by atoms with Crippen molar-refractivity contribution in [2.24, 2.45) is 0 Å². The van der Waals surface area contributed by atoms with Crippen LogP contribution in [0.4, 0.5) is 0 Å². The molecule has 138 valence electrons. The SMILES string of the molecule is O=C(CC1COCCN1)NCC(c1ccc(Cl)cc1)N1CCOCC1. The summed E-state index contributed by atoms with van der Waals surface area (Å²) < 4.78 is 10.9. The highest BCUT2D eigenvalue weighted by Crippen LogP contribution is 2.23. The van der Waals surface area contributed by atoms with Crippen molar-refractivity contribution in [3.8, 4) is 0 Å². The molecule has 0 radical (unpaired) electrons. The van der Waals surface area contributed by atoms with E-state index in [1.165, 1.54) is 0 Å². The zero-order valence-corrected chi connectivity index (χ0v) is 15.1. The third-order valence-electron chi connectivity index (χ3n) is 4.66. The number of carbonyl (C=O) groups is 1. The van der Waals surface area contributed by atoms with Crippen LogP contribution in [0.2, 0.25) is 5.02 Å². The van der Waals surface area contributed by atoms with Crippen LogP contribution in [0.3, 0.4) is 0 Å². The first-order valence-corrected chi connectivity index (χ1v) is 9.25. The van der Waals surface area contributed by atoms with Gasteiger partial charge in [-0.2, -0.15) is 0 Å². The van der Waals surface area contributed by atoms with Crippen LogP contribution in [0, 0.1) is 0 Å². The van der Waals surface area contributed by atoms with Crippen molar-refractivity contribution in [2.75, 3.05) is 52.6 Å². The van der Waals surface area contributed by atoms with Gasteiger partial charge in [-0.05, 0) is 17.7 Å². The molecular formula is C18H26ClN3O3. The second-order valence-corrected chi connectivity index (χ2v) is 6.89. The van der Waals surface area contributed by atoms with Crippen molar-refractivity contribution in [3.63, 3.8) is 0 Å². The van der Waals surface area contributed by atoms with E-state index in [-0.39, 0.29) is 18.0 Å². The number of amides is 1. The normalized spacial score (nSPS) is 23.2. The fourth-order valence-corrected chi connectivity index (χ4v) is 3.42. The molecule has 2 atom stereocenters. The van der Waals surface area contributed by atoms with E-state index in [1.807, 2.05) is 24.3 Å². The largest absolute Gasteiger partial charge is 0.379 e. The van der Waals surface area contributed by atoms with Gasteiger partial charge in [0.25, 0.3) is 0 Å². The predicted octanol–water partition coefficient (Wildman–Crippen LogP) is 1.21. The number of carbonyl (C=O) groups excluding carboxylic acids is 1. The van der Waals surface area contributed by atoms with Gasteiger partial charge in [-0.15, -0.1) is 0 Å². The van der Waals surface area contributed by atoms with Gasteiger partial charge in [0.2, 0.25) is 5.91 Å². The number of ether oxygens (including phenoxy) is 2. The Kier molecular flexibility index (Phi) is 7.07. The number of hydrogen-bond donors (Lipinski definition) is 2. The van der Waals surface area contributed by atoms with Crippen molar-refractivity contribution in [1.29, 1.82) is 0 Å². The van der Waals surface area contributed by atoms with E-state index in [9.17, 15) is 4.79 Å². The summed E-state index contributed by atoms with van der Waals surface area (Å²) >= 11 is 6.02. The first kappa shape index (κ1) is 18.6. The molecule has 7 heteroatoms. The summed E-state index contributed by atoms with van der Waals surface area (Å²) in [7, 11) is 0. The molecule has 2 fully saturated rings. The second kappa shape index (κ2) is 9.50. The number of nitrogens with one attached hydrogen (secondary N) is 2. The third-order valence-corrected chi connectivity index (χ3v) is 4.92. The maximum Gasteiger partial charge on any atom is 0.221 e. The van der Waals surface area contributed by atoms with E-state index in [2.05, 4.69) is 15.5 Å². The molecule has 2 unspecified atom stereocenters. The number of hydrogen-bond acceptors (Lipinski definition) is 5. The first-order valence-electron chi connectivity index (χ1n) is 8.87. The maximum absolute atomic E-state index is 12.3. The molecule has 1 aromatic rings. The molecule has 2 aliphatic rings. The van der Waals surface area contributed by atoms with E-state index in [4.69, 9.17) is 21.1 Å². The number of morpholine rings is 2. The van der Waals surface area contributed by atoms with Gasteiger partial charge in [-0.25, -0.2) is 0 Å². The van der Waals surface area contributed by atoms with Crippen molar-refractivity contribution < 1.29 is 14.3 Å². The smallest absolute Gasteiger partial charge is 0.221 e. The number of nitrogens with zero attached hydrogens (tertiary/aromatic N) is 1. The van der Waals surface area contributed by atoms with Crippen molar-refractivity contribution >= 4 is 17.5 Å². The molecular weight excluding hydrogens is 342 g/mol. The summed E-state index contributed by atoms with van der Waals surface area (Å²) in [5.74, 6) is 0.0511. The Morgan fingerprint density at radius 1 is 1.24 bits per heavy atom. The van der Waals surface area contributed by atoms with Crippen LogP contribution in [0.1, 0.15) is 18.0 Å². The minimum absolute atomic E-state index is 0.0511. The zero-order valence-electron chi connectivity index (χ0n) is 14.4. The molecule has 1 amide bonds. The zero-order chi connectivity index (χ0) is 17.5. The Hall–Kier alpha value is -1.18. The highest BCUT2D eigenvalue weighted by molar-refractivity contribution is 6.30. The van der Waals surface area contributed by atoms with Crippen LogP contribution in [-0.4, -0.2) is 69.5 Å². The summed E-state index contributed by atoms with van der Waals surface area (Å²) in [6.45, 7) is 5.86. The van der Waals surface area contributed by atoms with Gasteiger partial charge in [-0.1, -0.05) is 23.7 Å². The lowest BCUT2D eigenvalue weighted by molar-refractivity contribution is -0.122. The van der Waals surface area contributed by atoms with Gasteiger partial charge >= 0.3 is 0 Å². The molecule has 1 aromatic carbocycles. The van der Waals surface area contributed by atoms with Crippen LogP contribution < -0.4 is 10.6 Å². The Morgan fingerprint density at radius 3 is 2.68 bits per heavy atom. The molecule has 2 saturated heterocycles. The molecule has 2 N–H and O–H groups in total. The topological polar surface area (TPSA) is 62.8 Å². The minimum atomic E-state index is 0.0511. The summed E-state index contributed by atoms with van der Waals surface area (Å²) in [6, 6.07) is 8.09. The third kappa shape index (κ3) is 5.66. The highest BCUT2D eigenvalue weighted by atomic mass is 35.5. The minimum Gasteiger partial charge on any atom is -0.379 e. The van der Waals surface area contributed by atoms with Gasteiger partial charge < -0.3 is 20.1 Å². The Balaban J connectivity index is 1.58. The van der Waals surface area contributed by atoms with Gasteiger partial charge in [0.1, 0.15) is 0 Å². The maximum atomic E-state index is 12.3. The van der Waals surface area contributed by atoms with E-state index in [1.54, 1.807) is 0 Å². The van der Waals surface area contributed by atoms with Crippen molar-refractivity contribution in [2.45, 2.75) is 18.5 Å². The average molecular weight is 368 g/mol. The highest BCUT2D eigenvalue weighted by Gasteiger charge is 2.24. The number of halogens is 1.